The maximum absolute atomic E-state index is 13.3. The summed E-state index contributed by atoms with van der Waals surface area (Å²) >= 11 is 0. The van der Waals surface area contributed by atoms with Gasteiger partial charge in [-0.1, -0.05) is 24.3 Å². The number of hydrogen-bond acceptors (Lipinski definition) is 4. The fourth-order valence-electron chi connectivity index (χ4n) is 2.67. The largest absolute Gasteiger partial charge is 0.508 e. The van der Waals surface area contributed by atoms with Gasteiger partial charge in [-0.15, -0.1) is 0 Å². The average Bonchev–Trinajstić information content (AvgIpc) is 2.51. The Bertz CT molecular complexity index is 1080. The molecule has 0 aliphatic carbocycles. The molecular weight excluding hydrogens is 355 g/mol. The number of hydrogen-bond donors (Lipinski definition) is 1. The molecule has 3 aromatic rings. The van der Waals surface area contributed by atoms with Crippen LogP contribution in [-0.2, 0) is 16.0 Å². The van der Waals surface area contributed by atoms with Gasteiger partial charge in [0.1, 0.15) is 5.75 Å². The van der Waals surface area contributed by atoms with Crippen molar-refractivity contribution < 1.29 is 26.7 Å². The number of phenols is 1. The van der Waals surface area contributed by atoms with Gasteiger partial charge in [0.15, 0.2) is 9.84 Å². The van der Waals surface area contributed by atoms with Crippen molar-refractivity contribution in [1.29, 1.82) is 0 Å². The van der Waals surface area contributed by atoms with Crippen LogP contribution in [0, 0.1) is 0 Å². The van der Waals surface area contributed by atoms with Crippen molar-refractivity contribution in [3.05, 3.63) is 54.2 Å². The average molecular weight is 367 g/mol. The lowest BCUT2D eigenvalue weighted by molar-refractivity contribution is -0.136. The molecule has 1 N–H and O–H groups in total. The highest BCUT2D eigenvalue weighted by Gasteiger charge is 2.34. The first-order valence-electron chi connectivity index (χ1n) is 7.07. The lowest BCUT2D eigenvalue weighted by Gasteiger charge is -2.15. The van der Waals surface area contributed by atoms with Gasteiger partial charge >= 0.3 is 6.18 Å². The number of pyridine rings is 1. The van der Waals surface area contributed by atoms with Crippen molar-refractivity contribution in [2.24, 2.45) is 0 Å². The summed E-state index contributed by atoms with van der Waals surface area (Å²) in [5, 5.41) is 9.72. The van der Waals surface area contributed by atoms with Crippen molar-refractivity contribution in [3.63, 3.8) is 0 Å². The van der Waals surface area contributed by atoms with Crippen LogP contribution in [0.5, 0.6) is 5.75 Å². The highest BCUT2D eigenvalue weighted by atomic mass is 32.2. The maximum atomic E-state index is 13.3. The topological polar surface area (TPSA) is 67.3 Å². The van der Waals surface area contributed by atoms with Gasteiger partial charge < -0.3 is 5.11 Å². The first-order chi connectivity index (χ1) is 11.6. The van der Waals surface area contributed by atoms with Crippen LogP contribution in [0.15, 0.2) is 53.6 Å². The zero-order chi connectivity index (χ0) is 18.4. The molecule has 0 fully saturated rings. The summed E-state index contributed by atoms with van der Waals surface area (Å²) < 4.78 is 64.0. The monoisotopic (exact) mass is 367 g/mol. The minimum absolute atomic E-state index is 0.0448. The first-order valence-corrected chi connectivity index (χ1v) is 8.96. The number of nitrogens with zero attached hydrogens (tertiary/aromatic N) is 1. The van der Waals surface area contributed by atoms with E-state index in [0.29, 0.717) is 0 Å². The van der Waals surface area contributed by atoms with E-state index in [1.165, 1.54) is 36.4 Å². The van der Waals surface area contributed by atoms with Crippen molar-refractivity contribution in [3.8, 4) is 16.9 Å². The molecule has 0 saturated heterocycles. The number of phenolic OH excluding ortho intramolecular Hbond substituents is 1. The van der Waals surface area contributed by atoms with E-state index in [1.807, 2.05) is 0 Å². The predicted molar refractivity (Wildman–Crippen MR) is 87.0 cm³/mol. The number of alkyl halides is 3. The number of halogens is 3. The Morgan fingerprint density at radius 2 is 1.76 bits per heavy atom. The summed E-state index contributed by atoms with van der Waals surface area (Å²) in [7, 11) is -3.76. The Morgan fingerprint density at radius 1 is 1.08 bits per heavy atom. The van der Waals surface area contributed by atoms with Crippen LogP contribution in [-0.4, -0.2) is 24.8 Å². The first kappa shape index (κ1) is 17.2. The Hall–Kier alpha value is -2.61. The summed E-state index contributed by atoms with van der Waals surface area (Å²) in [5.41, 5.74) is -0.936. The molecule has 1 aromatic heterocycles. The molecule has 1 heterocycles. The van der Waals surface area contributed by atoms with Gasteiger partial charge in [-0.2, -0.15) is 13.2 Å². The van der Waals surface area contributed by atoms with Crippen LogP contribution in [0.3, 0.4) is 0 Å². The standard InChI is InChI=1S/C17H12F3NO3S/c1-25(23,24)14-9-21-16-12(6-3-7-13(16)17(18,19)20)15(14)10-4-2-5-11(22)8-10/h2-9,22H,1H3. The number of benzene rings is 2. The van der Waals surface area contributed by atoms with Crippen molar-refractivity contribution in [2.75, 3.05) is 6.26 Å². The maximum Gasteiger partial charge on any atom is 0.418 e. The summed E-state index contributed by atoms with van der Waals surface area (Å²) in [6.45, 7) is 0. The summed E-state index contributed by atoms with van der Waals surface area (Å²) in [5.74, 6) is -0.131. The minimum Gasteiger partial charge on any atom is -0.508 e. The molecular formula is C17H12F3NO3S. The van der Waals surface area contributed by atoms with Crippen LogP contribution < -0.4 is 0 Å². The van der Waals surface area contributed by atoms with Gasteiger partial charge in [0.25, 0.3) is 0 Å². The van der Waals surface area contributed by atoms with Crippen LogP contribution >= 0.6 is 0 Å². The van der Waals surface area contributed by atoms with E-state index in [-0.39, 0.29) is 32.7 Å². The highest BCUT2D eigenvalue weighted by Crippen LogP contribution is 2.40. The fraction of sp³-hybridized carbons (Fsp3) is 0.118. The summed E-state index contributed by atoms with van der Waals surface area (Å²) in [4.78, 5) is 3.56. The lowest BCUT2D eigenvalue weighted by atomic mass is 9.99. The van der Waals surface area contributed by atoms with Crippen LogP contribution in [0.25, 0.3) is 22.0 Å². The number of fused-ring (bicyclic) bond motifs is 1. The van der Waals surface area contributed by atoms with Gasteiger partial charge in [0.05, 0.1) is 16.0 Å². The van der Waals surface area contributed by atoms with E-state index in [1.54, 1.807) is 0 Å². The molecule has 0 unspecified atom stereocenters. The number of aromatic nitrogens is 1. The zero-order valence-corrected chi connectivity index (χ0v) is 13.7. The lowest BCUT2D eigenvalue weighted by Crippen LogP contribution is -2.08. The summed E-state index contributed by atoms with van der Waals surface area (Å²) in [6, 6.07) is 9.15. The second kappa shape index (κ2) is 5.73. The van der Waals surface area contributed by atoms with E-state index >= 15 is 0 Å². The molecule has 0 spiro atoms. The van der Waals surface area contributed by atoms with Crippen LogP contribution in [0.4, 0.5) is 13.2 Å². The van der Waals surface area contributed by atoms with Gasteiger partial charge in [-0.05, 0) is 23.8 Å². The third kappa shape index (κ3) is 3.17. The number of para-hydroxylation sites is 1. The second-order valence-electron chi connectivity index (χ2n) is 5.52. The Balaban J connectivity index is 2.50. The minimum atomic E-state index is -4.63. The Morgan fingerprint density at radius 3 is 2.36 bits per heavy atom. The van der Waals surface area contributed by atoms with Gasteiger partial charge in [-0.25, -0.2) is 8.42 Å². The molecule has 0 atom stereocenters. The third-order valence-electron chi connectivity index (χ3n) is 3.70. The van der Waals surface area contributed by atoms with Crippen LogP contribution in [0.1, 0.15) is 5.56 Å². The number of sulfone groups is 1. The van der Waals surface area contributed by atoms with Gasteiger partial charge in [-0.3, -0.25) is 4.98 Å². The predicted octanol–water partition coefficient (Wildman–Crippen LogP) is 4.03. The summed E-state index contributed by atoms with van der Waals surface area (Å²) in [6.07, 6.45) is -2.75. The quantitative estimate of drug-likeness (QED) is 0.743. The molecule has 4 nitrogen and oxygen atoms in total. The van der Waals surface area contributed by atoms with Gasteiger partial charge in [0, 0.05) is 23.4 Å². The molecule has 25 heavy (non-hydrogen) atoms. The smallest absolute Gasteiger partial charge is 0.418 e. The van der Waals surface area contributed by atoms with E-state index in [4.69, 9.17) is 0 Å². The Kier molecular flexibility index (Phi) is 3.95. The molecule has 0 radical (unpaired) electrons. The Labute approximate surface area is 141 Å². The normalized spacial score (nSPS) is 12.5. The molecule has 8 heteroatoms. The zero-order valence-electron chi connectivity index (χ0n) is 12.9. The highest BCUT2D eigenvalue weighted by molar-refractivity contribution is 7.90. The van der Waals surface area contributed by atoms with E-state index < -0.39 is 21.6 Å². The number of aromatic hydroxyl groups is 1. The second-order valence-corrected chi connectivity index (χ2v) is 7.50. The molecule has 0 aliphatic heterocycles. The van der Waals surface area contributed by atoms with Gasteiger partial charge in [0.2, 0.25) is 0 Å². The molecule has 0 amide bonds. The molecule has 3 rings (SSSR count). The van der Waals surface area contributed by atoms with Crippen molar-refractivity contribution >= 4 is 20.7 Å². The third-order valence-corrected chi connectivity index (χ3v) is 4.81. The number of rotatable bonds is 2. The molecule has 130 valence electrons. The van der Waals surface area contributed by atoms with E-state index in [0.717, 1.165) is 18.5 Å². The molecule has 0 saturated carbocycles. The van der Waals surface area contributed by atoms with Crippen molar-refractivity contribution in [2.45, 2.75) is 11.1 Å². The molecule has 0 aliphatic rings. The van der Waals surface area contributed by atoms with E-state index in [2.05, 4.69) is 4.98 Å². The fourth-order valence-corrected chi connectivity index (χ4v) is 3.52. The molecule has 0 bridgehead atoms. The molecule has 2 aromatic carbocycles. The van der Waals surface area contributed by atoms with Crippen molar-refractivity contribution in [1.82, 2.24) is 4.98 Å². The van der Waals surface area contributed by atoms with Crippen LogP contribution in [0.2, 0.25) is 0 Å². The van der Waals surface area contributed by atoms with E-state index in [9.17, 15) is 26.7 Å². The SMILES string of the molecule is CS(=O)(=O)c1cnc2c(C(F)(F)F)cccc2c1-c1cccc(O)c1.